The van der Waals surface area contributed by atoms with Crippen LogP contribution in [-0.4, -0.2) is 66.9 Å². The first kappa shape index (κ1) is 15.5. The fourth-order valence-corrected chi connectivity index (χ4v) is 5.18. The maximum Gasteiger partial charge on any atom is 0.231 e. The van der Waals surface area contributed by atoms with Crippen molar-refractivity contribution in [3.05, 3.63) is 29.8 Å². The number of hydrogen-bond acceptors (Lipinski definition) is 4. The van der Waals surface area contributed by atoms with Crippen LogP contribution < -0.4 is 0 Å². The summed E-state index contributed by atoms with van der Waals surface area (Å²) in [5.41, 5.74) is 1.24. The van der Waals surface area contributed by atoms with Gasteiger partial charge in [0, 0.05) is 42.9 Å². The van der Waals surface area contributed by atoms with Gasteiger partial charge < -0.3 is 9.64 Å². The van der Waals surface area contributed by atoms with E-state index in [-0.39, 0.29) is 5.92 Å². The summed E-state index contributed by atoms with van der Waals surface area (Å²) in [5.74, 6) is 1.30. The topological polar surface area (TPSA) is 32.8 Å². The summed E-state index contributed by atoms with van der Waals surface area (Å²) in [6.07, 6.45) is 2.28. The number of hydrogen-bond donors (Lipinski definition) is 0. The van der Waals surface area contributed by atoms with E-state index < -0.39 is 0 Å². The van der Waals surface area contributed by atoms with Crippen molar-refractivity contribution < 1.29 is 9.53 Å². The summed E-state index contributed by atoms with van der Waals surface area (Å²) in [6.45, 7) is 5.59. The van der Waals surface area contributed by atoms with Crippen molar-refractivity contribution in [2.75, 3.05) is 45.1 Å². The Balaban J connectivity index is 1.45. The van der Waals surface area contributed by atoms with Crippen LogP contribution in [0.5, 0.6) is 0 Å². The molecule has 0 bridgehead atoms. The van der Waals surface area contributed by atoms with Crippen LogP contribution >= 0.6 is 11.8 Å². The second-order valence-corrected chi connectivity index (χ2v) is 7.70. The van der Waals surface area contributed by atoms with Crippen LogP contribution in [0, 0.1) is 0 Å². The minimum absolute atomic E-state index is 0.0569. The van der Waals surface area contributed by atoms with E-state index in [1.807, 2.05) is 11.8 Å². The lowest BCUT2D eigenvalue weighted by Crippen LogP contribution is -2.47. The molecule has 1 aromatic carbocycles. The van der Waals surface area contributed by atoms with E-state index in [1.54, 1.807) is 0 Å². The molecule has 4 rings (SSSR count). The van der Waals surface area contributed by atoms with Crippen molar-refractivity contribution >= 4 is 17.7 Å². The summed E-state index contributed by atoms with van der Waals surface area (Å²) >= 11 is 1.83. The van der Waals surface area contributed by atoms with E-state index >= 15 is 0 Å². The first-order chi connectivity index (χ1) is 11.3. The number of amides is 1. The molecule has 2 atom stereocenters. The molecule has 0 aromatic heterocycles. The molecule has 2 saturated heterocycles. The highest BCUT2D eigenvalue weighted by Gasteiger charge is 2.37. The average Bonchev–Trinajstić information content (AvgIpc) is 3.22. The largest absolute Gasteiger partial charge is 0.379 e. The quantitative estimate of drug-likeness (QED) is 0.849. The summed E-state index contributed by atoms with van der Waals surface area (Å²) in [5, 5.41) is 0. The Hall–Kier alpha value is -1.04. The average molecular weight is 332 g/mol. The maximum absolute atomic E-state index is 13.1. The summed E-state index contributed by atoms with van der Waals surface area (Å²) in [4.78, 5) is 19.0. The molecule has 3 aliphatic rings. The molecule has 0 saturated carbocycles. The molecule has 4 nitrogen and oxygen atoms in total. The zero-order chi connectivity index (χ0) is 15.6. The Morgan fingerprint density at radius 3 is 2.91 bits per heavy atom. The van der Waals surface area contributed by atoms with Crippen molar-refractivity contribution in [1.29, 1.82) is 0 Å². The van der Waals surface area contributed by atoms with Gasteiger partial charge in [-0.05, 0) is 24.5 Å². The summed E-state index contributed by atoms with van der Waals surface area (Å²) in [7, 11) is 0. The molecule has 0 spiro atoms. The van der Waals surface area contributed by atoms with Gasteiger partial charge in [-0.2, -0.15) is 0 Å². The van der Waals surface area contributed by atoms with E-state index in [0.29, 0.717) is 11.9 Å². The van der Waals surface area contributed by atoms with Crippen LogP contribution in [0.15, 0.2) is 29.2 Å². The van der Waals surface area contributed by atoms with Gasteiger partial charge in [-0.3, -0.25) is 9.69 Å². The predicted molar refractivity (Wildman–Crippen MR) is 91.9 cm³/mol. The van der Waals surface area contributed by atoms with E-state index in [0.717, 1.165) is 58.0 Å². The van der Waals surface area contributed by atoms with Gasteiger partial charge in [0.15, 0.2) is 0 Å². The third-order valence-corrected chi connectivity index (χ3v) is 6.41. The van der Waals surface area contributed by atoms with Crippen molar-refractivity contribution in [1.82, 2.24) is 9.80 Å². The Morgan fingerprint density at radius 2 is 2.04 bits per heavy atom. The SMILES string of the molecule is O=C([C@H]1CSc2ccccc21)N1CCC[C@@H]1CN1CCOCC1. The highest BCUT2D eigenvalue weighted by atomic mass is 32.2. The van der Waals surface area contributed by atoms with E-state index in [2.05, 4.69) is 34.1 Å². The van der Waals surface area contributed by atoms with Crippen molar-refractivity contribution in [3.63, 3.8) is 0 Å². The van der Waals surface area contributed by atoms with E-state index in [1.165, 1.54) is 10.5 Å². The molecular weight excluding hydrogens is 308 g/mol. The van der Waals surface area contributed by atoms with Gasteiger partial charge in [0.05, 0.1) is 19.1 Å². The minimum Gasteiger partial charge on any atom is -0.379 e. The normalized spacial score (nSPS) is 28.1. The van der Waals surface area contributed by atoms with Crippen molar-refractivity contribution in [3.8, 4) is 0 Å². The second-order valence-electron chi connectivity index (χ2n) is 6.64. The van der Waals surface area contributed by atoms with Gasteiger partial charge in [-0.15, -0.1) is 11.8 Å². The van der Waals surface area contributed by atoms with Crippen LogP contribution in [0.4, 0.5) is 0 Å². The zero-order valence-electron chi connectivity index (χ0n) is 13.4. The third-order valence-electron chi connectivity index (χ3n) is 5.23. The molecule has 0 unspecified atom stereocenters. The lowest BCUT2D eigenvalue weighted by atomic mass is 9.99. The molecule has 5 heteroatoms. The lowest BCUT2D eigenvalue weighted by Gasteiger charge is -2.34. The minimum atomic E-state index is 0.0569. The number of morpholine rings is 1. The van der Waals surface area contributed by atoms with Crippen LogP contribution in [-0.2, 0) is 9.53 Å². The molecule has 3 aliphatic heterocycles. The lowest BCUT2D eigenvalue weighted by molar-refractivity contribution is -0.133. The molecule has 0 radical (unpaired) electrons. The molecule has 1 aromatic rings. The number of carbonyl (C=O) groups excluding carboxylic acids is 1. The smallest absolute Gasteiger partial charge is 0.231 e. The van der Waals surface area contributed by atoms with E-state index in [4.69, 9.17) is 4.74 Å². The van der Waals surface area contributed by atoms with Crippen LogP contribution in [0.3, 0.4) is 0 Å². The Labute approximate surface area is 142 Å². The van der Waals surface area contributed by atoms with Crippen molar-refractivity contribution in [2.24, 2.45) is 0 Å². The van der Waals surface area contributed by atoms with Gasteiger partial charge in [0.2, 0.25) is 5.91 Å². The van der Waals surface area contributed by atoms with Crippen LogP contribution in [0.25, 0.3) is 0 Å². The molecule has 0 N–H and O–H groups in total. The zero-order valence-corrected chi connectivity index (χ0v) is 14.3. The number of fused-ring (bicyclic) bond motifs is 1. The number of carbonyl (C=O) groups is 1. The fraction of sp³-hybridized carbons (Fsp3) is 0.611. The van der Waals surface area contributed by atoms with Crippen LogP contribution in [0.1, 0.15) is 24.3 Å². The molecule has 23 heavy (non-hydrogen) atoms. The van der Waals surface area contributed by atoms with E-state index in [9.17, 15) is 4.79 Å². The maximum atomic E-state index is 13.1. The number of ether oxygens (including phenoxy) is 1. The third kappa shape index (κ3) is 3.14. The molecule has 2 fully saturated rings. The first-order valence-corrected chi connectivity index (χ1v) is 9.64. The number of nitrogens with zero attached hydrogens (tertiary/aromatic N) is 2. The van der Waals surface area contributed by atoms with Gasteiger partial charge in [0.1, 0.15) is 0 Å². The van der Waals surface area contributed by atoms with Gasteiger partial charge in [-0.1, -0.05) is 18.2 Å². The molecule has 124 valence electrons. The van der Waals surface area contributed by atoms with Gasteiger partial charge in [0.25, 0.3) is 0 Å². The monoisotopic (exact) mass is 332 g/mol. The van der Waals surface area contributed by atoms with Gasteiger partial charge >= 0.3 is 0 Å². The highest BCUT2D eigenvalue weighted by molar-refractivity contribution is 7.99. The number of thioether (sulfide) groups is 1. The van der Waals surface area contributed by atoms with Crippen LogP contribution in [0.2, 0.25) is 0 Å². The Bertz CT molecular complexity index is 574. The standard InChI is InChI=1S/C18H24N2O2S/c21-18(16-13-23-17-6-2-1-5-15(16)17)20-7-3-4-14(20)12-19-8-10-22-11-9-19/h1-2,5-6,14,16H,3-4,7-13H2/t14-,16+/m1/s1. The highest BCUT2D eigenvalue weighted by Crippen LogP contribution is 2.41. The first-order valence-electron chi connectivity index (χ1n) is 8.65. The Morgan fingerprint density at radius 1 is 1.22 bits per heavy atom. The number of likely N-dealkylation sites (tertiary alicyclic amines) is 1. The molecule has 1 amide bonds. The predicted octanol–water partition coefficient (Wildman–Crippen LogP) is 2.20. The number of rotatable bonds is 3. The summed E-state index contributed by atoms with van der Waals surface area (Å²) < 4.78 is 5.43. The van der Waals surface area contributed by atoms with Gasteiger partial charge in [-0.25, -0.2) is 0 Å². The fourth-order valence-electron chi connectivity index (χ4n) is 3.96. The number of benzene rings is 1. The summed E-state index contributed by atoms with van der Waals surface area (Å²) in [6, 6.07) is 8.78. The molecule has 0 aliphatic carbocycles. The molecular formula is C18H24N2O2S. The second kappa shape index (κ2) is 6.83. The van der Waals surface area contributed by atoms with Crippen molar-refractivity contribution in [2.45, 2.75) is 29.7 Å². The Kier molecular flexibility index (Phi) is 4.60. The molecule has 3 heterocycles.